The highest BCUT2D eigenvalue weighted by Crippen LogP contribution is 2.25. The van der Waals surface area contributed by atoms with Crippen LogP contribution in [0.1, 0.15) is 5.56 Å². The summed E-state index contributed by atoms with van der Waals surface area (Å²) in [4.78, 5) is 12.0. The molecule has 2 aromatic rings. The summed E-state index contributed by atoms with van der Waals surface area (Å²) >= 11 is 5.98. The Labute approximate surface area is 127 Å². The Hall–Kier alpha value is -2.71. The summed E-state index contributed by atoms with van der Waals surface area (Å²) in [7, 11) is 1.52. The lowest BCUT2D eigenvalue weighted by Crippen LogP contribution is -2.20. The van der Waals surface area contributed by atoms with Gasteiger partial charge in [-0.05, 0) is 30.3 Å². The summed E-state index contributed by atoms with van der Waals surface area (Å²) < 4.78 is 5.15. The molecule has 0 unspecified atom stereocenters. The summed E-state index contributed by atoms with van der Waals surface area (Å²) in [5.41, 5.74) is 1.31. The van der Waals surface area contributed by atoms with Gasteiger partial charge >= 0.3 is 6.03 Å². The molecule has 2 amide bonds. The molecule has 0 bridgehead atoms. The third-order valence-corrected chi connectivity index (χ3v) is 3.03. The van der Waals surface area contributed by atoms with Crippen LogP contribution in [-0.4, -0.2) is 13.1 Å². The molecule has 0 atom stereocenters. The topological polar surface area (TPSA) is 74.2 Å². The molecule has 6 heteroatoms. The van der Waals surface area contributed by atoms with Crippen LogP contribution in [0.5, 0.6) is 5.75 Å². The van der Waals surface area contributed by atoms with E-state index in [1.165, 1.54) is 13.2 Å². The summed E-state index contributed by atoms with van der Waals surface area (Å²) in [5, 5.41) is 14.5. The monoisotopic (exact) mass is 301 g/mol. The van der Waals surface area contributed by atoms with Crippen molar-refractivity contribution in [2.75, 3.05) is 17.7 Å². The molecule has 0 aliphatic carbocycles. The molecule has 106 valence electrons. The van der Waals surface area contributed by atoms with Crippen molar-refractivity contribution >= 4 is 29.0 Å². The van der Waals surface area contributed by atoms with Gasteiger partial charge in [-0.3, -0.25) is 0 Å². The smallest absolute Gasteiger partial charge is 0.323 e. The predicted molar refractivity (Wildman–Crippen MR) is 81.8 cm³/mol. The molecule has 0 aliphatic heterocycles. The fraction of sp³-hybridized carbons (Fsp3) is 0.0667. The summed E-state index contributed by atoms with van der Waals surface area (Å²) in [6.07, 6.45) is 0. The van der Waals surface area contributed by atoms with E-state index in [0.717, 1.165) is 0 Å². The molecule has 0 saturated heterocycles. The largest absolute Gasteiger partial charge is 0.495 e. The molecule has 2 aromatic carbocycles. The highest BCUT2D eigenvalue weighted by molar-refractivity contribution is 6.33. The number of carbonyl (C=O) groups is 1. The van der Waals surface area contributed by atoms with Gasteiger partial charge in [0.25, 0.3) is 0 Å². The number of hydrogen-bond donors (Lipinski definition) is 2. The van der Waals surface area contributed by atoms with Crippen LogP contribution < -0.4 is 15.4 Å². The summed E-state index contributed by atoms with van der Waals surface area (Å²) in [6.45, 7) is 0. The first-order valence-electron chi connectivity index (χ1n) is 6.04. The van der Waals surface area contributed by atoms with Crippen molar-refractivity contribution in [1.29, 1.82) is 5.26 Å². The van der Waals surface area contributed by atoms with Gasteiger partial charge in [-0.1, -0.05) is 23.7 Å². The molecule has 0 aliphatic rings. The van der Waals surface area contributed by atoms with Crippen molar-refractivity contribution in [1.82, 2.24) is 0 Å². The number of rotatable bonds is 3. The molecule has 0 aromatic heterocycles. The van der Waals surface area contributed by atoms with E-state index in [1.54, 1.807) is 36.4 Å². The van der Waals surface area contributed by atoms with E-state index in [9.17, 15) is 4.79 Å². The third kappa shape index (κ3) is 3.65. The third-order valence-electron chi connectivity index (χ3n) is 2.70. The molecule has 5 nitrogen and oxygen atoms in total. The second-order valence-electron chi connectivity index (χ2n) is 4.09. The zero-order chi connectivity index (χ0) is 15.2. The maximum atomic E-state index is 12.0. The van der Waals surface area contributed by atoms with Gasteiger partial charge in [-0.2, -0.15) is 5.26 Å². The lowest BCUT2D eigenvalue weighted by atomic mass is 10.2. The van der Waals surface area contributed by atoms with Crippen LogP contribution >= 0.6 is 11.6 Å². The number of anilines is 2. The first kappa shape index (κ1) is 14.7. The number of hydrogen-bond acceptors (Lipinski definition) is 3. The molecular formula is C15H12ClN3O2. The number of carbonyl (C=O) groups excluding carboxylic acids is 1. The van der Waals surface area contributed by atoms with E-state index in [4.69, 9.17) is 21.6 Å². The van der Waals surface area contributed by atoms with Crippen molar-refractivity contribution < 1.29 is 9.53 Å². The van der Waals surface area contributed by atoms with Gasteiger partial charge in [0.2, 0.25) is 0 Å². The van der Waals surface area contributed by atoms with Crippen molar-refractivity contribution in [2.24, 2.45) is 0 Å². The van der Waals surface area contributed by atoms with Crippen LogP contribution in [0.3, 0.4) is 0 Å². The summed E-state index contributed by atoms with van der Waals surface area (Å²) in [5.74, 6) is 0.546. The quantitative estimate of drug-likeness (QED) is 0.904. The average molecular weight is 302 g/mol. The van der Waals surface area contributed by atoms with Crippen LogP contribution in [0.25, 0.3) is 0 Å². The van der Waals surface area contributed by atoms with Gasteiger partial charge in [-0.15, -0.1) is 0 Å². The molecule has 2 N–H and O–H groups in total. The number of methoxy groups -OCH3 is 1. The Morgan fingerprint density at radius 1 is 1.19 bits per heavy atom. The minimum absolute atomic E-state index is 0.351. The molecule has 2 rings (SSSR count). The second kappa shape index (κ2) is 6.64. The highest BCUT2D eigenvalue weighted by Gasteiger charge is 2.09. The van der Waals surface area contributed by atoms with E-state index in [-0.39, 0.29) is 0 Å². The number of nitrogens with one attached hydrogen (secondary N) is 2. The first-order valence-corrected chi connectivity index (χ1v) is 6.42. The van der Waals surface area contributed by atoms with Crippen LogP contribution in [0, 0.1) is 11.3 Å². The van der Waals surface area contributed by atoms with Gasteiger partial charge in [0, 0.05) is 0 Å². The zero-order valence-electron chi connectivity index (χ0n) is 11.2. The number of halogens is 1. The number of urea groups is 1. The Balaban J connectivity index is 2.14. The Kier molecular flexibility index (Phi) is 4.64. The predicted octanol–water partition coefficient (Wildman–Crippen LogP) is 3.86. The number of nitriles is 1. The standard InChI is InChI=1S/C15H12ClN3O2/c1-21-14-5-3-2-4-12(14)18-15(20)19-13-8-10(9-17)6-7-11(13)16/h2-8H,1H3,(H2,18,19,20). The van der Waals surface area contributed by atoms with Crippen LogP contribution in [0.15, 0.2) is 42.5 Å². The second-order valence-corrected chi connectivity index (χ2v) is 4.49. The Morgan fingerprint density at radius 2 is 1.90 bits per heavy atom. The number of amides is 2. The minimum atomic E-state index is -0.475. The van der Waals surface area contributed by atoms with E-state index < -0.39 is 6.03 Å². The van der Waals surface area contributed by atoms with Gasteiger partial charge in [-0.25, -0.2) is 4.79 Å². The van der Waals surface area contributed by atoms with Crippen molar-refractivity contribution in [3.8, 4) is 11.8 Å². The maximum Gasteiger partial charge on any atom is 0.323 e. The lowest BCUT2D eigenvalue weighted by Gasteiger charge is -2.11. The van der Waals surface area contributed by atoms with E-state index in [1.807, 2.05) is 6.07 Å². The fourth-order valence-corrected chi connectivity index (χ4v) is 1.88. The highest BCUT2D eigenvalue weighted by atomic mass is 35.5. The molecule has 0 fully saturated rings. The van der Waals surface area contributed by atoms with E-state index in [0.29, 0.717) is 27.7 Å². The maximum absolute atomic E-state index is 12.0. The fourth-order valence-electron chi connectivity index (χ4n) is 1.71. The first-order chi connectivity index (χ1) is 10.1. The minimum Gasteiger partial charge on any atom is -0.495 e. The molecular weight excluding hydrogens is 290 g/mol. The van der Waals surface area contributed by atoms with Crippen molar-refractivity contribution in [3.05, 3.63) is 53.1 Å². The molecule has 21 heavy (non-hydrogen) atoms. The van der Waals surface area contributed by atoms with Gasteiger partial charge < -0.3 is 15.4 Å². The zero-order valence-corrected chi connectivity index (χ0v) is 11.9. The molecule has 0 saturated carbocycles. The van der Waals surface area contributed by atoms with Crippen molar-refractivity contribution in [3.63, 3.8) is 0 Å². The normalized spacial score (nSPS) is 9.57. The van der Waals surface area contributed by atoms with E-state index in [2.05, 4.69) is 10.6 Å². The number of nitrogens with zero attached hydrogens (tertiary/aromatic N) is 1. The van der Waals surface area contributed by atoms with Crippen LogP contribution in [0.2, 0.25) is 5.02 Å². The average Bonchev–Trinajstić information content (AvgIpc) is 2.50. The van der Waals surface area contributed by atoms with Gasteiger partial charge in [0.05, 0.1) is 35.1 Å². The van der Waals surface area contributed by atoms with Gasteiger partial charge in [0.15, 0.2) is 0 Å². The summed E-state index contributed by atoms with van der Waals surface area (Å²) in [6, 6.07) is 13.2. The number of para-hydroxylation sites is 2. The molecule has 0 radical (unpaired) electrons. The number of benzene rings is 2. The van der Waals surface area contributed by atoms with Gasteiger partial charge in [0.1, 0.15) is 5.75 Å². The van der Waals surface area contributed by atoms with Crippen molar-refractivity contribution in [2.45, 2.75) is 0 Å². The Morgan fingerprint density at radius 3 is 2.62 bits per heavy atom. The lowest BCUT2D eigenvalue weighted by molar-refractivity contribution is 0.262. The SMILES string of the molecule is COc1ccccc1NC(=O)Nc1cc(C#N)ccc1Cl. The number of ether oxygens (including phenoxy) is 1. The van der Waals surface area contributed by atoms with Crippen LogP contribution in [0.4, 0.5) is 16.2 Å². The molecule has 0 spiro atoms. The Bertz CT molecular complexity index is 710. The molecule has 0 heterocycles. The van der Waals surface area contributed by atoms with Crippen LogP contribution in [-0.2, 0) is 0 Å². The van der Waals surface area contributed by atoms with E-state index >= 15 is 0 Å².